The maximum atomic E-state index is 10.8. The Morgan fingerprint density at radius 1 is 1.30 bits per heavy atom. The molecule has 2 atom stereocenters. The van der Waals surface area contributed by atoms with Crippen LogP contribution in [0.2, 0.25) is 0 Å². The molecular formula is C13H18N2O4S. The van der Waals surface area contributed by atoms with Crippen LogP contribution in [0.4, 0.5) is 10.5 Å². The minimum Gasteiger partial charge on any atom is -0.390 e. The van der Waals surface area contributed by atoms with Gasteiger partial charge >= 0.3 is 6.03 Å². The van der Waals surface area contributed by atoms with Crippen molar-refractivity contribution in [1.29, 1.82) is 0 Å². The summed E-state index contributed by atoms with van der Waals surface area (Å²) < 4.78 is 0. The molecule has 0 spiro atoms. The Labute approximate surface area is 121 Å². The lowest BCUT2D eigenvalue weighted by Gasteiger charge is -2.18. The predicted octanol–water partition coefficient (Wildman–Crippen LogP) is 1.24. The first-order chi connectivity index (χ1) is 9.40. The van der Waals surface area contributed by atoms with Crippen molar-refractivity contribution in [1.82, 2.24) is 0 Å². The van der Waals surface area contributed by atoms with Crippen LogP contribution in [-0.2, 0) is 4.79 Å². The Kier molecular flexibility index (Phi) is 6.50. The quantitative estimate of drug-likeness (QED) is 0.631. The molecule has 0 saturated carbocycles. The summed E-state index contributed by atoms with van der Waals surface area (Å²) in [6, 6.07) is 5.69. The molecule has 0 aliphatic carbocycles. The summed E-state index contributed by atoms with van der Waals surface area (Å²) in [5.41, 5.74) is 6.02. The van der Waals surface area contributed by atoms with Crippen LogP contribution < -0.4 is 11.1 Å². The maximum Gasteiger partial charge on any atom is 0.316 e. The lowest BCUT2D eigenvalue weighted by Crippen LogP contribution is -2.20. The summed E-state index contributed by atoms with van der Waals surface area (Å²) in [5, 5.41) is 22.2. The number of aliphatic hydroxyl groups excluding tert-OH is 2. The van der Waals surface area contributed by atoms with Crippen LogP contribution in [0.1, 0.15) is 25.0 Å². The summed E-state index contributed by atoms with van der Waals surface area (Å²) in [4.78, 5) is 21.4. The highest BCUT2D eigenvalue weighted by atomic mass is 32.2. The zero-order chi connectivity index (χ0) is 15.1. The van der Waals surface area contributed by atoms with E-state index < -0.39 is 18.2 Å². The molecule has 1 rings (SSSR count). The van der Waals surface area contributed by atoms with Gasteiger partial charge in [0.05, 0.1) is 6.10 Å². The van der Waals surface area contributed by atoms with E-state index in [0.717, 1.165) is 11.8 Å². The Balaban J connectivity index is 2.55. The second-order valence-corrected chi connectivity index (χ2v) is 5.52. The van der Waals surface area contributed by atoms with E-state index in [4.69, 9.17) is 5.73 Å². The van der Waals surface area contributed by atoms with Gasteiger partial charge in [-0.1, -0.05) is 23.9 Å². The third kappa shape index (κ3) is 5.60. The fourth-order valence-electron chi connectivity index (χ4n) is 1.61. The molecule has 1 aromatic carbocycles. The first kappa shape index (κ1) is 16.5. The highest BCUT2D eigenvalue weighted by Crippen LogP contribution is 2.22. The van der Waals surface area contributed by atoms with Gasteiger partial charge in [0.1, 0.15) is 6.10 Å². The van der Waals surface area contributed by atoms with E-state index in [0.29, 0.717) is 23.4 Å². The van der Waals surface area contributed by atoms with Crippen molar-refractivity contribution in [3.8, 4) is 0 Å². The minimum atomic E-state index is -1.04. The summed E-state index contributed by atoms with van der Waals surface area (Å²) in [6.07, 6.45) is -1.67. The van der Waals surface area contributed by atoms with Gasteiger partial charge in [-0.2, -0.15) is 0 Å². The molecule has 0 fully saturated rings. The van der Waals surface area contributed by atoms with Crippen molar-refractivity contribution < 1.29 is 19.8 Å². The first-order valence-electron chi connectivity index (χ1n) is 6.06. The van der Waals surface area contributed by atoms with E-state index in [1.165, 1.54) is 6.92 Å². The molecule has 5 N–H and O–H groups in total. The van der Waals surface area contributed by atoms with E-state index in [2.05, 4.69) is 5.32 Å². The molecule has 1 aromatic rings. The molecule has 110 valence electrons. The fraction of sp³-hybridized carbons (Fsp3) is 0.385. The molecule has 2 unspecified atom stereocenters. The number of hydrogen-bond acceptors (Lipinski definition) is 5. The number of nitrogens with two attached hydrogens (primary N) is 1. The number of urea groups is 1. The van der Waals surface area contributed by atoms with E-state index >= 15 is 0 Å². The van der Waals surface area contributed by atoms with Crippen molar-refractivity contribution >= 4 is 28.6 Å². The van der Waals surface area contributed by atoms with Gasteiger partial charge in [0.2, 0.25) is 0 Å². The number of nitrogens with one attached hydrogen (secondary N) is 1. The normalized spacial score (nSPS) is 13.6. The molecule has 0 bridgehead atoms. The lowest BCUT2D eigenvalue weighted by molar-refractivity contribution is -0.109. The van der Waals surface area contributed by atoms with Gasteiger partial charge in [-0.15, -0.1) is 0 Å². The maximum absolute atomic E-state index is 10.8. The summed E-state index contributed by atoms with van der Waals surface area (Å²) in [6.45, 7) is 1.46. The number of amides is 2. The molecule has 6 nitrogen and oxygen atoms in total. The average Bonchev–Trinajstić information content (AvgIpc) is 2.37. The zero-order valence-corrected chi connectivity index (χ0v) is 11.9. The van der Waals surface area contributed by atoms with E-state index in [-0.39, 0.29) is 5.12 Å². The van der Waals surface area contributed by atoms with E-state index in [1.54, 1.807) is 24.3 Å². The third-order valence-corrected chi connectivity index (χ3v) is 3.45. The number of carbonyl (C=O) groups excluding carboxylic acids is 2. The Morgan fingerprint density at radius 2 is 1.90 bits per heavy atom. The van der Waals surface area contributed by atoms with Crippen LogP contribution in [0, 0.1) is 0 Å². The molecule has 0 aliphatic rings. The van der Waals surface area contributed by atoms with Crippen LogP contribution in [0.15, 0.2) is 24.3 Å². The van der Waals surface area contributed by atoms with Gasteiger partial charge < -0.3 is 21.3 Å². The molecule has 0 radical (unpaired) electrons. The molecule has 7 heteroatoms. The SMILES string of the molecule is CC(=O)SCCC(O)C(O)c1ccc(NC(N)=O)cc1. The molecule has 0 saturated heterocycles. The fourth-order valence-corrected chi connectivity index (χ4v) is 2.26. The lowest BCUT2D eigenvalue weighted by atomic mass is 10.0. The Bertz CT molecular complexity index is 464. The van der Waals surface area contributed by atoms with Gasteiger partial charge in [-0.3, -0.25) is 4.79 Å². The second-order valence-electron chi connectivity index (χ2n) is 4.25. The van der Waals surface area contributed by atoms with Crippen molar-refractivity contribution in [3.63, 3.8) is 0 Å². The van der Waals surface area contributed by atoms with Gasteiger partial charge in [-0.25, -0.2) is 4.79 Å². The number of thioether (sulfide) groups is 1. The van der Waals surface area contributed by atoms with Crippen LogP contribution in [-0.4, -0.2) is 33.2 Å². The molecular weight excluding hydrogens is 280 g/mol. The van der Waals surface area contributed by atoms with Crippen molar-refractivity contribution in [2.24, 2.45) is 5.73 Å². The van der Waals surface area contributed by atoms with Crippen molar-refractivity contribution in [2.75, 3.05) is 11.1 Å². The highest BCUT2D eigenvalue weighted by Gasteiger charge is 2.18. The molecule has 0 aromatic heterocycles. The first-order valence-corrected chi connectivity index (χ1v) is 7.04. The van der Waals surface area contributed by atoms with Crippen LogP contribution in [0.3, 0.4) is 0 Å². The van der Waals surface area contributed by atoms with Crippen LogP contribution >= 0.6 is 11.8 Å². The molecule has 0 heterocycles. The smallest absolute Gasteiger partial charge is 0.316 e. The number of hydrogen-bond donors (Lipinski definition) is 4. The molecule has 0 aliphatic heterocycles. The number of aliphatic hydroxyl groups is 2. The second kappa shape index (κ2) is 7.88. The topological polar surface area (TPSA) is 113 Å². The van der Waals surface area contributed by atoms with Crippen molar-refractivity contribution in [2.45, 2.75) is 25.6 Å². The Hall–Kier alpha value is -1.57. The predicted molar refractivity (Wildman–Crippen MR) is 78.4 cm³/mol. The van der Waals surface area contributed by atoms with Gasteiger partial charge in [0.25, 0.3) is 0 Å². The molecule has 20 heavy (non-hydrogen) atoms. The van der Waals surface area contributed by atoms with Gasteiger partial charge in [0, 0.05) is 18.4 Å². The number of rotatable bonds is 6. The average molecular weight is 298 g/mol. The molecule has 2 amide bonds. The number of anilines is 1. The summed E-state index contributed by atoms with van der Waals surface area (Å²) in [5.74, 6) is 0.453. The Morgan fingerprint density at radius 3 is 2.40 bits per heavy atom. The van der Waals surface area contributed by atoms with Crippen LogP contribution in [0.25, 0.3) is 0 Å². The van der Waals surface area contributed by atoms with E-state index in [9.17, 15) is 19.8 Å². The van der Waals surface area contributed by atoms with Gasteiger partial charge in [-0.05, 0) is 24.1 Å². The highest BCUT2D eigenvalue weighted by molar-refractivity contribution is 8.13. The minimum absolute atomic E-state index is 0.0198. The number of carbonyl (C=O) groups is 2. The van der Waals surface area contributed by atoms with Crippen molar-refractivity contribution in [3.05, 3.63) is 29.8 Å². The zero-order valence-electron chi connectivity index (χ0n) is 11.1. The standard InChI is InChI=1S/C13H18N2O4S/c1-8(16)20-7-6-11(17)12(18)9-2-4-10(5-3-9)15-13(14)19/h2-5,11-12,17-18H,6-7H2,1H3,(H3,14,15,19). The third-order valence-electron chi connectivity index (χ3n) is 2.60. The monoisotopic (exact) mass is 298 g/mol. The van der Waals surface area contributed by atoms with E-state index in [1.807, 2.05) is 0 Å². The van der Waals surface area contributed by atoms with Gasteiger partial charge in [0.15, 0.2) is 5.12 Å². The van der Waals surface area contributed by atoms with Crippen LogP contribution in [0.5, 0.6) is 0 Å². The number of primary amides is 1. The largest absolute Gasteiger partial charge is 0.390 e. The number of benzene rings is 1. The summed E-state index contributed by atoms with van der Waals surface area (Å²) >= 11 is 1.11. The summed E-state index contributed by atoms with van der Waals surface area (Å²) in [7, 11) is 0.